The fraction of sp³-hybridized carbons (Fsp3) is 0.458. The van der Waals surface area contributed by atoms with Crippen LogP contribution in [0.5, 0.6) is 5.75 Å². The van der Waals surface area contributed by atoms with Gasteiger partial charge >= 0.3 is 0 Å². The van der Waals surface area contributed by atoms with E-state index in [1.807, 2.05) is 24.3 Å². The third-order valence-electron chi connectivity index (χ3n) is 5.67. The Morgan fingerprint density at radius 1 is 1.15 bits per heavy atom. The SMILES string of the molecule is CCCc1ccc(OCCNC(=O)[C@H]2CCCN(S(=O)(=O)Cc3c(Cl)cccc3Cl)C2)cc1. The summed E-state index contributed by atoms with van der Waals surface area (Å²) in [6.45, 7) is 3.37. The molecule has 1 N–H and O–H groups in total. The summed E-state index contributed by atoms with van der Waals surface area (Å²) in [5, 5.41) is 3.50. The molecule has 1 amide bonds. The topological polar surface area (TPSA) is 75.7 Å². The summed E-state index contributed by atoms with van der Waals surface area (Å²) < 4.78 is 33.0. The van der Waals surface area contributed by atoms with Gasteiger partial charge < -0.3 is 10.1 Å². The molecule has 2 aromatic carbocycles. The molecule has 1 fully saturated rings. The third-order valence-corrected chi connectivity index (χ3v) is 8.15. The molecular weight excluding hydrogens is 483 g/mol. The van der Waals surface area contributed by atoms with Gasteiger partial charge in [-0.25, -0.2) is 12.7 Å². The van der Waals surface area contributed by atoms with Crippen molar-refractivity contribution in [2.24, 2.45) is 5.92 Å². The molecule has 3 rings (SSSR count). The van der Waals surface area contributed by atoms with Gasteiger partial charge in [0.2, 0.25) is 15.9 Å². The van der Waals surface area contributed by atoms with Crippen molar-refractivity contribution in [3.8, 4) is 5.75 Å². The number of carbonyl (C=O) groups excluding carboxylic acids is 1. The largest absolute Gasteiger partial charge is 0.492 e. The lowest BCUT2D eigenvalue weighted by Gasteiger charge is -2.31. The smallest absolute Gasteiger partial charge is 0.224 e. The molecule has 1 atom stereocenters. The molecule has 9 heteroatoms. The molecule has 6 nitrogen and oxygen atoms in total. The van der Waals surface area contributed by atoms with Crippen molar-refractivity contribution in [3.05, 3.63) is 63.6 Å². The van der Waals surface area contributed by atoms with Crippen LogP contribution in [0, 0.1) is 5.92 Å². The van der Waals surface area contributed by atoms with Gasteiger partial charge in [0, 0.05) is 28.7 Å². The number of benzene rings is 2. The van der Waals surface area contributed by atoms with Crippen LogP contribution in [0.4, 0.5) is 0 Å². The molecule has 1 aliphatic heterocycles. The number of aryl methyl sites for hydroxylation is 1. The van der Waals surface area contributed by atoms with Gasteiger partial charge in [-0.05, 0) is 49.1 Å². The van der Waals surface area contributed by atoms with E-state index in [2.05, 4.69) is 12.2 Å². The number of amides is 1. The van der Waals surface area contributed by atoms with Gasteiger partial charge in [0.05, 0.1) is 18.2 Å². The Hall–Kier alpha value is -1.80. The number of nitrogens with one attached hydrogen (secondary N) is 1. The van der Waals surface area contributed by atoms with E-state index in [0.29, 0.717) is 48.1 Å². The van der Waals surface area contributed by atoms with E-state index in [-0.39, 0.29) is 18.2 Å². The van der Waals surface area contributed by atoms with Crippen molar-refractivity contribution in [2.45, 2.75) is 38.4 Å². The molecule has 0 spiro atoms. The molecule has 0 bridgehead atoms. The first-order chi connectivity index (χ1) is 15.8. The highest BCUT2D eigenvalue weighted by atomic mass is 35.5. The molecule has 1 saturated heterocycles. The minimum atomic E-state index is -3.66. The van der Waals surface area contributed by atoms with Gasteiger partial charge in [-0.3, -0.25) is 4.79 Å². The minimum absolute atomic E-state index is 0.149. The molecule has 0 unspecified atom stereocenters. The van der Waals surface area contributed by atoms with Crippen LogP contribution in [0.3, 0.4) is 0 Å². The number of halogens is 2. The van der Waals surface area contributed by atoms with E-state index in [1.165, 1.54) is 9.87 Å². The Kier molecular flexibility index (Phi) is 9.44. The average molecular weight is 513 g/mol. The first kappa shape index (κ1) is 25.8. The van der Waals surface area contributed by atoms with Crippen LogP contribution in [-0.2, 0) is 27.0 Å². The van der Waals surface area contributed by atoms with Crippen LogP contribution >= 0.6 is 23.2 Å². The van der Waals surface area contributed by atoms with Gasteiger partial charge in [0.15, 0.2) is 0 Å². The Balaban J connectivity index is 1.48. The minimum Gasteiger partial charge on any atom is -0.492 e. The molecule has 1 heterocycles. The van der Waals surface area contributed by atoms with Crippen molar-refractivity contribution in [1.82, 2.24) is 9.62 Å². The fourth-order valence-electron chi connectivity index (χ4n) is 3.88. The first-order valence-corrected chi connectivity index (χ1v) is 13.6. The highest BCUT2D eigenvalue weighted by molar-refractivity contribution is 7.88. The molecular formula is C24H30Cl2N2O4S. The molecule has 1 aliphatic rings. The zero-order chi connectivity index (χ0) is 23.8. The van der Waals surface area contributed by atoms with Gasteiger partial charge in [-0.15, -0.1) is 0 Å². The van der Waals surface area contributed by atoms with Gasteiger partial charge in [0.25, 0.3) is 0 Å². The third kappa shape index (κ3) is 7.34. The second kappa shape index (κ2) is 12.1. The summed E-state index contributed by atoms with van der Waals surface area (Å²) in [4.78, 5) is 12.6. The lowest BCUT2D eigenvalue weighted by atomic mass is 9.99. The van der Waals surface area contributed by atoms with Crippen LogP contribution in [0.2, 0.25) is 10.0 Å². The van der Waals surface area contributed by atoms with E-state index >= 15 is 0 Å². The Morgan fingerprint density at radius 2 is 1.85 bits per heavy atom. The predicted octanol–water partition coefficient (Wildman–Crippen LogP) is 4.68. The number of rotatable bonds is 10. The summed E-state index contributed by atoms with van der Waals surface area (Å²) in [6, 6.07) is 12.9. The number of piperidine rings is 1. The maximum absolute atomic E-state index is 13.0. The normalized spacial score (nSPS) is 17.0. The molecule has 0 aromatic heterocycles. The zero-order valence-electron chi connectivity index (χ0n) is 18.7. The Labute approximate surface area is 206 Å². The van der Waals surface area contributed by atoms with Crippen LogP contribution in [0.15, 0.2) is 42.5 Å². The van der Waals surface area contributed by atoms with Crippen LogP contribution in [0.25, 0.3) is 0 Å². The zero-order valence-corrected chi connectivity index (χ0v) is 21.1. The van der Waals surface area contributed by atoms with Crippen LogP contribution < -0.4 is 10.1 Å². The first-order valence-electron chi connectivity index (χ1n) is 11.2. The van der Waals surface area contributed by atoms with E-state index in [0.717, 1.165) is 18.6 Å². The number of hydrogen-bond acceptors (Lipinski definition) is 4. The fourth-order valence-corrected chi connectivity index (χ4v) is 6.24. The number of nitrogens with zero attached hydrogens (tertiary/aromatic N) is 1. The summed E-state index contributed by atoms with van der Waals surface area (Å²) in [5.74, 6) is -0.0847. The highest BCUT2D eigenvalue weighted by Gasteiger charge is 2.33. The van der Waals surface area contributed by atoms with Crippen molar-refractivity contribution in [3.63, 3.8) is 0 Å². The Morgan fingerprint density at radius 3 is 2.52 bits per heavy atom. The molecule has 33 heavy (non-hydrogen) atoms. The molecule has 0 aliphatic carbocycles. The van der Waals surface area contributed by atoms with Crippen LogP contribution in [0.1, 0.15) is 37.3 Å². The second-order valence-corrected chi connectivity index (χ2v) is 11.0. The highest BCUT2D eigenvalue weighted by Crippen LogP contribution is 2.29. The quantitative estimate of drug-likeness (QED) is 0.468. The van der Waals surface area contributed by atoms with Gasteiger partial charge in [-0.2, -0.15) is 0 Å². The Bertz CT molecular complexity index is 1020. The summed E-state index contributed by atoms with van der Waals surface area (Å²) in [5.41, 5.74) is 1.65. The summed E-state index contributed by atoms with van der Waals surface area (Å²) in [7, 11) is -3.66. The van der Waals surface area contributed by atoms with E-state index in [4.69, 9.17) is 27.9 Å². The monoisotopic (exact) mass is 512 g/mol. The van der Waals surface area contributed by atoms with E-state index < -0.39 is 15.9 Å². The standard InChI is InChI=1S/C24H30Cl2N2O4S/c1-2-5-18-9-11-20(12-10-18)32-15-13-27-24(29)19-6-4-14-28(16-19)33(30,31)17-21-22(25)7-3-8-23(21)26/h3,7-12,19H,2,4-6,13-17H2,1H3,(H,27,29)/t19-/m0/s1. The maximum atomic E-state index is 13.0. The van der Waals surface area contributed by atoms with E-state index in [9.17, 15) is 13.2 Å². The van der Waals surface area contributed by atoms with Crippen LogP contribution in [-0.4, -0.2) is 44.9 Å². The van der Waals surface area contributed by atoms with Gasteiger partial charge in [0.1, 0.15) is 12.4 Å². The molecule has 180 valence electrons. The van der Waals surface area contributed by atoms with Crippen molar-refractivity contribution in [1.29, 1.82) is 0 Å². The lowest BCUT2D eigenvalue weighted by molar-refractivity contribution is -0.126. The molecule has 0 radical (unpaired) electrons. The summed E-state index contributed by atoms with van der Waals surface area (Å²) in [6.07, 6.45) is 3.40. The number of ether oxygens (including phenoxy) is 1. The predicted molar refractivity (Wildman–Crippen MR) is 132 cm³/mol. The van der Waals surface area contributed by atoms with Crippen molar-refractivity contribution >= 4 is 39.1 Å². The average Bonchev–Trinajstić information content (AvgIpc) is 2.80. The van der Waals surface area contributed by atoms with E-state index in [1.54, 1.807) is 18.2 Å². The van der Waals surface area contributed by atoms with Gasteiger partial charge in [-0.1, -0.05) is 54.7 Å². The number of carbonyl (C=O) groups is 1. The number of hydrogen-bond donors (Lipinski definition) is 1. The number of sulfonamides is 1. The maximum Gasteiger partial charge on any atom is 0.224 e. The lowest BCUT2D eigenvalue weighted by Crippen LogP contribution is -2.46. The van der Waals surface area contributed by atoms with Crippen molar-refractivity contribution < 1.29 is 17.9 Å². The molecule has 2 aromatic rings. The van der Waals surface area contributed by atoms with Crippen molar-refractivity contribution in [2.75, 3.05) is 26.2 Å². The second-order valence-electron chi connectivity index (χ2n) is 8.19. The summed E-state index contributed by atoms with van der Waals surface area (Å²) >= 11 is 12.3. The molecule has 0 saturated carbocycles.